The molecule has 1 saturated carbocycles. The smallest absolute Gasteiger partial charge is 0.308 e. The lowest BCUT2D eigenvalue weighted by molar-refractivity contribution is -0.153. The highest BCUT2D eigenvalue weighted by molar-refractivity contribution is 5.70. The quantitative estimate of drug-likeness (QED) is 0.788. The highest BCUT2D eigenvalue weighted by Crippen LogP contribution is 2.41. The van der Waals surface area contributed by atoms with Crippen LogP contribution in [0.4, 0.5) is 0 Å². The Hall–Kier alpha value is -0.570. The van der Waals surface area contributed by atoms with Gasteiger partial charge in [-0.1, -0.05) is 34.1 Å². The molecule has 20 heavy (non-hydrogen) atoms. The lowest BCUT2D eigenvalue weighted by Crippen LogP contribution is -2.39. The highest BCUT2D eigenvalue weighted by Gasteiger charge is 2.35. The van der Waals surface area contributed by atoms with E-state index in [1.54, 1.807) is 6.92 Å². The maximum Gasteiger partial charge on any atom is 0.308 e. The zero-order chi connectivity index (χ0) is 15.5. The number of carbonyl (C=O) groups is 1. The second-order valence-corrected chi connectivity index (χ2v) is 7.70. The van der Waals surface area contributed by atoms with Gasteiger partial charge in [0.1, 0.15) is 0 Å². The molecule has 0 amide bonds. The molecule has 1 rings (SSSR count). The molecular weight excluding hydrogens is 252 g/mol. The lowest BCUT2D eigenvalue weighted by atomic mass is 9.70. The molecule has 0 aromatic rings. The number of aliphatic carboxylic acids is 1. The molecule has 0 radical (unpaired) electrons. The molecule has 1 aliphatic carbocycles. The van der Waals surface area contributed by atoms with E-state index in [0.29, 0.717) is 11.3 Å². The van der Waals surface area contributed by atoms with Crippen LogP contribution < -0.4 is 0 Å². The summed E-state index contributed by atoms with van der Waals surface area (Å²) in [6, 6.07) is 0. The van der Waals surface area contributed by atoms with Gasteiger partial charge < -0.3 is 9.84 Å². The third kappa shape index (κ3) is 4.76. The van der Waals surface area contributed by atoms with Crippen LogP contribution in [0.3, 0.4) is 0 Å². The van der Waals surface area contributed by atoms with Crippen LogP contribution in [0.5, 0.6) is 0 Å². The maximum absolute atomic E-state index is 11.2. The topological polar surface area (TPSA) is 46.5 Å². The van der Waals surface area contributed by atoms with Crippen molar-refractivity contribution >= 4 is 5.97 Å². The van der Waals surface area contributed by atoms with Crippen molar-refractivity contribution in [1.29, 1.82) is 0 Å². The minimum absolute atomic E-state index is 0.142. The Bertz CT molecular complexity index is 322. The Morgan fingerprint density at radius 3 is 2.30 bits per heavy atom. The first-order valence-electron chi connectivity index (χ1n) is 8.02. The van der Waals surface area contributed by atoms with E-state index in [-0.39, 0.29) is 18.1 Å². The van der Waals surface area contributed by atoms with Gasteiger partial charge in [-0.2, -0.15) is 0 Å². The number of hydrogen-bond acceptors (Lipinski definition) is 2. The molecule has 1 N–H and O–H groups in total. The first-order chi connectivity index (χ1) is 9.14. The Labute approximate surface area is 124 Å². The fourth-order valence-electron chi connectivity index (χ4n) is 3.51. The van der Waals surface area contributed by atoms with Gasteiger partial charge in [-0.05, 0) is 50.4 Å². The van der Waals surface area contributed by atoms with Gasteiger partial charge in [-0.15, -0.1) is 0 Å². The molecule has 118 valence electrons. The van der Waals surface area contributed by atoms with Crippen LogP contribution in [0, 0.1) is 23.2 Å². The molecule has 0 aromatic carbocycles. The molecule has 3 nitrogen and oxygen atoms in total. The standard InChI is InChI=1S/C17H32O3/c1-11(2)15(12(3)16(18)19)20-13(4)14-8-7-9-17(5,6)10-14/h11-15H,7-10H2,1-6H3,(H,18,19)/t12?,13-,14?,15?/m1/s1. The van der Waals surface area contributed by atoms with Gasteiger partial charge in [0, 0.05) is 0 Å². The minimum atomic E-state index is -0.764. The third-order valence-corrected chi connectivity index (χ3v) is 4.82. The summed E-state index contributed by atoms with van der Waals surface area (Å²) in [6.07, 6.45) is 4.87. The summed E-state index contributed by atoms with van der Waals surface area (Å²) < 4.78 is 6.19. The van der Waals surface area contributed by atoms with E-state index >= 15 is 0 Å². The number of carboxylic acids is 1. The van der Waals surface area contributed by atoms with Crippen molar-refractivity contribution in [2.75, 3.05) is 0 Å². The molecule has 0 saturated heterocycles. The molecule has 0 bridgehead atoms. The lowest BCUT2D eigenvalue weighted by Gasteiger charge is -2.40. The molecule has 4 atom stereocenters. The fourth-order valence-corrected chi connectivity index (χ4v) is 3.51. The molecule has 0 heterocycles. The zero-order valence-corrected chi connectivity index (χ0v) is 14.0. The zero-order valence-electron chi connectivity index (χ0n) is 14.0. The van der Waals surface area contributed by atoms with Crippen LogP contribution in [0.15, 0.2) is 0 Å². The summed E-state index contributed by atoms with van der Waals surface area (Å²) in [4.78, 5) is 11.2. The Balaban J connectivity index is 2.66. The average Bonchev–Trinajstić information content (AvgIpc) is 2.33. The second-order valence-electron chi connectivity index (χ2n) is 7.70. The van der Waals surface area contributed by atoms with E-state index in [0.717, 1.165) is 0 Å². The SMILES string of the molecule is CC(C)C(O[C@H](C)C1CCCC(C)(C)C1)C(C)C(=O)O. The van der Waals surface area contributed by atoms with Crippen LogP contribution in [0.2, 0.25) is 0 Å². The van der Waals surface area contributed by atoms with Crippen molar-refractivity contribution in [1.82, 2.24) is 0 Å². The van der Waals surface area contributed by atoms with E-state index in [1.807, 2.05) is 13.8 Å². The van der Waals surface area contributed by atoms with E-state index < -0.39 is 11.9 Å². The molecular formula is C17H32O3. The van der Waals surface area contributed by atoms with Crippen molar-refractivity contribution in [3.63, 3.8) is 0 Å². The Morgan fingerprint density at radius 2 is 1.85 bits per heavy atom. The van der Waals surface area contributed by atoms with Crippen LogP contribution >= 0.6 is 0 Å². The van der Waals surface area contributed by atoms with Crippen molar-refractivity contribution in [3.8, 4) is 0 Å². The predicted molar refractivity (Wildman–Crippen MR) is 81.7 cm³/mol. The highest BCUT2D eigenvalue weighted by atomic mass is 16.5. The normalized spacial score (nSPS) is 27.1. The van der Waals surface area contributed by atoms with E-state index in [4.69, 9.17) is 4.74 Å². The summed E-state index contributed by atoms with van der Waals surface area (Å²) in [7, 11) is 0. The van der Waals surface area contributed by atoms with Crippen LogP contribution in [0.25, 0.3) is 0 Å². The van der Waals surface area contributed by atoms with E-state index in [2.05, 4.69) is 20.8 Å². The Morgan fingerprint density at radius 1 is 1.25 bits per heavy atom. The van der Waals surface area contributed by atoms with Gasteiger partial charge in [0.05, 0.1) is 18.1 Å². The van der Waals surface area contributed by atoms with Gasteiger partial charge in [0.2, 0.25) is 0 Å². The molecule has 3 heteroatoms. The molecule has 0 aliphatic heterocycles. The van der Waals surface area contributed by atoms with Crippen molar-refractivity contribution in [3.05, 3.63) is 0 Å². The van der Waals surface area contributed by atoms with Gasteiger partial charge in [0.25, 0.3) is 0 Å². The Kier molecular flexibility index (Phi) is 6.06. The van der Waals surface area contributed by atoms with Gasteiger partial charge in [0.15, 0.2) is 0 Å². The molecule has 1 fully saturated rings. The molecule has 1 aliphatic rings. The second kappa shape index (κ2) is 6.93. The minimum Gasteiger partial charge on any atom is -0.481 e. The maximum atomic E-state index is 11.2. The summed E-state index contributed by atoms with van der Waals surface area (Å²) >= 11 is 0. The first-order valence-corrected chi connectivity index (χ1v) is 8.02. The van der Waals surface area contributed by atoms with Crippen molar-refractivity contribution in [2.45, 2.75) is 79.4 Å². The monoisotopic (exact) mass is 284 g/mol. The largest absolute Gasteiger partial charge is 0.481 e. The van der Waals surface area contributed by atoms with Gasteiger partial charge in [-0.3, -0.25) is 4.79 Å². The number of carboxylic acid groups (broad SMARTS) is 1. The van der Waals surface area contributed by atoms with Gasteiger partial charge >= 0.3 is 5.97 Å². The fraction of sp³-hybridized carbons (Fsp3) is 0.941. The summed E-state index contributed by atoms with van der Waals surface area (Å²) in [5.74, 6) is -0.435. The van der Waals surface area contributed by atoms with Crippen LogP contribution in [-0.4, -0.2) is 23.3 Å². The van der Waals surface area contributed by atoms with Crippen LogP contribution in [0.1, 0.15) is 67.2 Å². The van der Waals surface area contributed by atoms with Crippen molar-refractivity contribution < 1.29 is 14.6 Å². The van der Waals surface area contributed by atoms with E-state index in [9.17, 15) is 9.90 Å². The number of ether oxygens (including phenoxy) is 1. The summed E-state index contributed by atoms with van der Waals surface area (Å²) in [5, 5.41) is 9.23. The predicted octanol–water partition coefficient (Wildman–Crippen LogP) is 4.35. The van der Waals surface area contributed by atoms with E-state index in [1.165, 1.54) is 25.7 Å². The molecule has 0 spiro atoms. The molecule has 3 unspecified atom stereocenters. The number of hydrogen-bond donors (Lipinski definition) is 1. The average molecular weight is 284 g/mol. The van der Waals surface area contributed by atoms with Crippen molar-refractivity contribution in [2.24, 2.45) is 23.2 Å². The first kappa shape index (κ1) is 17.5. The van der Waals surface area contributed by atoms with Gasteiger partial charge in [-0.25, -0.2) is 0 Å². The number of rotatable bonds is 6. The summed E-state index contributed by atoms with van der Waals surface area (Å²) in [6.45, 7) is 12.6. The molecule has 0 aromatic heterocycles. The van der Waals surface area contributed by atoms with Crippen LogP contribution in [-0.2, 0) is 9.53 Å². The third-order valence-electron chi connectivity index (χ3n) is 4.82. The summed E-state index contributed by atoms with van der Waals surface area (Å²) in [5.41, 5.74) is 0.395.